The Labute approximate surface area is 59.1 Å². The summed E-state index contributed by atoms with van der Waals surface area (Å²) in [5, 5.41) is 7.52. The Kier molecular flexibility index (Phi) is 2.60. The van der Waals surface area contributed by atoms with E-state index >= 15 is 0 Å². The van der Waals surface area contributed by atoms with Crippen LogP contribution in [0.15, 0.2) is 12.7 Å². The average Bonchev–Trinajstić information content (AvgIpc) is 1.84. The average molecular weight is 176 g/mol. The van der Waals surface area contributed by atoms with Crippen molar-refractivity contribution in [2.45, 2.75) is 18.2 Å². The summed E-state index contributed by atoms with van der Waals surface area (Å²) in [7, 11) is 0. The Morgan fingerprint density at radius 3 is 1.73 bits per heavy atom. The molecule has 0 radical (unpaired) electrons. The molecule has 11 heavy (non-hydrogen) atoms. The minimum atomic E-state index is -5.04. The lowest BCUT2D eigenvalue weighted by Crippen LogP contribution is -2.42. The summed E-state index contributed by atoms with van der Waals surface area (Å²) in [5.41, 5.74) is 0. The maximum atomic E-state index is 11.9. The van der Waals surface area contributed by atoms with E-state index < -0.39 is 18.2 Å². The van der Waals surface area contributed by atoms with Crippen LogP contribution < -0.4 is 0 Å². The first-order valence-electron chi connectivity index (χ1n) is 2.47. The summed E-state index contributed by atoms with van der Waals surface area (Å²) in [6.45, 7) is 2.43. The third-order valence-corrected chi connectivity index (χ3v) is 0.915. The molecular formula is C5H5F5O. The van der Waals surface area contributed by atoms with Gasteiger partial charge in [-0.05, 0) is 6.08 Å². The molecule has 0 spiro atoms. The van der Waals surface area contributed by atoms with Gasteiger partial charge in [0.1, 0.15) is 0 Å². The standard InChI is InChI=1S/C5H5F5O/c1-2-4(7,8)3(6)5(9,10)11/h2-3,11H,1H2. The highest BCUT2D eigenvalue weighted by atomic mass is 19.3. The fourth-order valence-electron chi connectivity index (χ4n) is 0.335. The zero-order chi connectivity index (χ0) is 9.28. The van der Waals surface area contributed by atoms with Gasteiger partial charge in [0, 0.05) is 0 Å². The molecule has 0 aromatic rings. The van der Waals surface area contributed by atoms with Gasteiger partial charge >= 0.3 is 12.0 Å². The van der Waals surface area contributed by atoms with Crippen molar-refractivity contribution in [3.8, 4) is 0 Å². The van der Waals surface area contributed by atoms with E-state index in [2.05, 4.69) is 6.58 Å². The van der Waals surface area contributed by atoms with E-state index in [0.29, 0.717) is 0 Å². The highest BCUT2D eigenvalue weighted by Crippen LogP contribution is 2.32. The Bertz CT molecular complexity index is 149. The second-order valence-corrected chi connectivity index (χ2v) is 1.83. The van der Waals surface area contributed by atoms with Crippen LogP contribution in [0.4, 0.5) is 22.0 Å². The minimum absolute atomic E-state index is 0.290. The molecule has 0 heterocycles. The van der Waals surface area contributed by atoms with Crippen LogP contribution >= 0.6 is 0 Å². The van der Waals surface area contributed by atoms with E-state index in [9.17, 15) is 22.0 Å². The molecule has 0 aromatic heterocycles. The number of rotatable bonds is 3. The van der Waals surface area contributed by atoms with Crippen molar-refractivity contribution in [2.75, 3.05) is 0 Å². The van der Waals surface area contributed by atoms with Gasteiger partial charge in [0.05, 0.1) is 0 Å². The summed E-state index contributed by atoms with van der Waals surface area (Å²) in [6, 6.07) is 0. The van der Waals surface area contributed by atoms with Gasteiger partial charge in [-0.25, -0.2) is 4.39 Å². The number of hydrogen-bond acceptors (Lipinski definition) is 1. The molecule has 1 unspecified atom stereocenters. The van der Waals surface area contributed by atoms with Crippen molar-refractivity contribution < 1.29 is 27.1 Å². The second-order valence-electron chi connectivity index (χ2n) is 1.83. The Morgan fingerprint density at radius 1 is 1.27 bits per heavy atom. The largest absolute Gasteiger partial charge is 0.390 e. The first-order valence-corrected chi connectivity index (χ1v) is 2.47. The first kappa shape index (κ1) is 10.3. The van der Waals surface area contributed by atoms with Crippen LogP contribution in [0.25, 0.3) is 0 Å². The third kappa shape index (κ3) is 2.45. The van der Waals surface area contributed by atoms with Crippen molar-refractivity contribution in [3.05, 3.63) is 12.7 Å². The molecule has 1 nitrogen and oxygen atoms in total. The Morgan fingerprint density at radius 2 is 1.64 bits per heavy atom. The molecule has 0 aromatic carbocycles. The SMILES string of the molecule is C=CC(F)(F)C(F)C(O)(F)F. The van der Waals surface area contributed by atoms with Crippen LogP contribution in [-0.4, -0.2) is 23.3 Å². The van der Waals surface area contributed by atoms with Gasteiger partial charge in [-0.1, -0.05) is 6.58 Å². The van der Waals surface area contributed by atoms with Gasteiger partial charge in [-0.2, -0.15) is 17.6 Å². The van der Waals surface area contributed by atoms with E-state index in [1.807, 2.05) is 0 Å². The first-order chi connectivity index (χ1) is 4.72. The molecule has 0 aliphatic heterocycles. The molecule has 0 rings (SSSR count). The third-order valence-electron chi connectivity index (χ3n) is 0.915. The summed E-state index contributed by atoms with van der Waals surface area (Å²) in [6.07, 6.45) is -9.29. The molecule has 1 N–H and O–H groups in total. The monoisotopic (exact) mass is 176 g/mol. The molecule has 66 valence electrons. The van der Waals surface area contributed by atoms with E-state index in [1.54, 1.807) is 0 Å². The lowest BCUT2D eigenvalue weighted by atomic mass is 10.2. The van der Waals surface area contributed by atoms with Crippen LogP contribution in [0, 0.1) is 0 Å². The highest BCUT2D eigenvalue weighted by Gasteiger charge is 2.53. The zero-order valence-corrected chi connectivity index (χ0v) is 5.20. The van der Waals surface area contributed by atoms with Crippen molar-refractivity contribution >= 4 is 0 Å². The molecule has 6 heteroatoms. The summed E-state index contributed by atoms with van der Waals surface area (Å²) in [5.74, 6) is -4.42. The van der Waals surface area contributed by atoms with Crippen molar-refractivity contribution in [1.82, 2.24) is 0 Å². The van der Waals surface area contributed by atoms with Crippen molar-refractivity contribution in [2.24, 2.45) is 0 Å². The molecule has 0 saturated heterocycles. The van der Waals surface area contributed by atoms with E-state index in [0.717, 1.165) is 0 Å². The summed E-state index contributed by atoms with van der Waals surface area (Å²) >= 11 is 0. The highest BCUT2D eigenvalue weighted by molar-refractivity contribution is 4.96. The smallest absolute Gasteiger partial charge is 0.334 e. The molecule has 1 atom stereocenters. The van der Waals surface area contributed by atoms with Gasteiger partial charge in [0.25, 0.3) is 6.17 Å². The van der Waals surface area contributed by atoms with E-state index in [1.165, 1.54) is 0 Å². The predicted octanol–water partition coefficient (Wildman–Crippen LogP) is 1.73. The maximum absolute atomic E-state index is 11.9. The zero-order valence-electron chi connectivity index (χ0n) is 5.20. The number of alkyl halides is 5. The maximum Gasteiger partial charge on any atom is 0.390 e. The van der Waals surface area contributed by atoms with Crippen LogP contribution in [0.3, 0.4) is 0 Å². The quantitative estimate of drug-likeness (QED) is 0.512. The minimum Gasteiger partial charge on any atom is -0.334 e. The van der Waals surface area contributed by atoms with Crippen LogP contribution in [-0.2, 0) is 0 Å². The number of aliphatic hydroxyl groups is 1. The van der Waals surface area contributed by atoms with Crippen molar-refractivity contribution in [1.29, 1.82) is 0 Å². The molecule has 0 aliphatic rings. The molecular weight excluding hydrogens is 171 g/mol. The molecule has 0 bridgehead atoms. The van der Waals surface area contributed by atoms with Gasteiger partial charge in [-0.3, -0.25) is 0 Å². The lowest BCUT2D eigenvalue weighted by molar-refractivity contribution is -0.277. The summed E-state index contributed by atoms with van der Waals surface area (Å²) in [4.78, 5) is 0. The fourth-order valence-corrected chi connectivity index (χ4v) is 0.335. The van der Waals surface area contributed by atoms with Crippen LogP contribution in [0.5, 0.6) is 0 Å². The van der Waals surface area contributed by atoms with Gasteiger partial charge in [0.2, 0.25) is 0 Å². The number of halogens is 5. The topological polar surface area (TPSA) is 20.2 Å². The van der Waals surface area contributed by atoms with Crippen LogP contribution in [0.2, 0.25) is 0 Å². The number of hydrogen-bond donors (Lipinski definition) is 1. The van der Waals surface area contributed by atoms with E-state index in [-0.39, 0.29) is 6.08 Å². The molecule has 0 amide bonds. The molecule has 0 saturated carbocycles. The summed E-state index contributed by atoms with van der Waals surface area (Å²) < 4.78 is 58.6. The van der Waals surface area contributed by atoms with Gasteiger partial charge in [-0.15, -0.1) is 0 Å². The van der Waals surface area contributed by atoms with Gasteiger partial charge in [0.15, 0.2) is 0 Å². The number of allylic oxidation sites excluding steroid dienone is 1. The lowest BCUT2D eigenvalue weighted by Gasteiger charge is -2.20. The van der Waals surface area contributed by atoms with Crippen molar-refractivity contribution in [3.63, 3.8) is 0 Å². The Balaban J connectivity index is 4.48. The second kappa shape index (κ2) is 2.77. The molecule has 0 aliphatic carbocycles. The normalized spacial score (nSPS) is 16.2. The van der Waals surface area contributed by atoms with Gasteiger partial charge < -0.3 is 5.11 Å². The fraction of sp³-hybridized carbons (Fsp3) is 0.600. The van der Waals surface area contributed by atoms with E-state index in [4.69, 9.17) is 5.11 Å². The van der Waals surface area contributed by atoms with Crippen LogP contribution in [0.1, 0.15) is 0 Å². The molecule has 0 fully saturated rings. The Hall–Kier alpha value is -0.650. The predicted molar refractivity (Wildman–Crippen MR) is 27.2 cm³/mol.